The molecule has 0 bridgehead atoms. The van der Waals surface area contributed by atoms with Gasteiger partial charge in [0, 0.05) is 0 Å². The second kappa shape index (κ2) is 15.9. The van der Waals surface area contributed by atoms with Crippen molar-refractivity contribution in [3.8, 4) is 0 Å². The zero-order valence-corrected chi connectivity index (χ0v) is 27.1. The maximum Gasteiger partial charge on any atom is 0.159 e. The average molecular weight is 611 g/mol. The standard InChI is InChI=1S/C21H28F2.C19H26F2/c1-2-3-15-4-6-16(7-5-15)17-8-10-18(11-9-17)19-12-13-20(22)21(23)14-19;1-13-2-4-14(5-3-13)15-6-8-16(9-7-15)17-10-11-18(20)19(21)12-17/h2-3,12-18H,4-11H2,1H3;10-16H,2-9H2,1H3/b3-2+;. The fourth-order valence-electron chi connectivity index (χ4n) is 9.22. The summed E-state index contributed by atoms with van der Waals surface area (Å²) in [5.74, 6) is 3.23. The predicted molar refractivity (Wildman–Crippen MR) is 173 cm³/mol. The van der Waals surface area contributed by atoms with Crippen LogP contribution in [0.4, 0.5) is 17.6 Å². The first kappa shape index (κ1) is 33.3. The first-order valence-electron chi connectivity index (χ1n) is 17.8. The second-order valence-electron chi connectivity index (χ2n) is 14.8. The lowest BCUT2D eigenvalue weighted by Crippen LogP contribution is -2.25. The van der Waals surface area contributed by atoms with Crippen LogP contribution in [0.25, 0.3) is 0 Å². The Morgan fingerprint density at radius 1 is 0.477 bits per heavy atom. The Bertz CT molecular complexity index is 1190. The summed E-state index contributed by atoms with van der Waals surface area (Å²) in [7, 11) is 0. The minimum absolute atomic E-state index is 0.417. The molecule has 2 aromatic carbocycles. The van der Waals surface area contributed by atoms with Crippen molar-refractivity contribution < 1.29 is 17.6 Å². The zero-order valence-electron chi connectivity index (χ0n) is 27.1. The first-order valence-corrected chi connectivity index (χ1v) is 17.8. The number of allylic oxidation sites excluding steroid dienone is 2. The molecule has 0 nitrogen and oxygen atoms in total. The van der Waals surface area contributed by atoms with Crippen molar-refractivity contribution in [2.24, 2.45) is 35.5 Å². The maximum atomic E-state index is 13.4. The highest BCUT2D eigenvalue weighted by Gasteiger charge is 2.32. The molecule has 6 rings (SSSR count). The van der Waals surface area contributed by atoms with Gasteiger partial charge in [-0.05, 0) is 180 Å². The molecule has 2 aromatic rings. The molecule has 0 aromatic heterocycles. The van der Waals surface area contributed by atoms with Gasteiger partial charge in [-0.25, -0.2) is 17.6 Å². The minimum Gasteiger partial charge on any atom is -0.204 e. The van der Waals surface area contributed by atoms with Crippen molar-refractivity contribution in [1.82, 2.24) is 0 Å². The van der Waals surface area contributed by atoms with Gasteiger partial charge in [-0.1, -0.05) is 44.1 Å². The van der Waals surface area contributed by atoms with E-state index in [-0.39, 0.29) is 0 Å². The highest BCUT2D eigenvalue weighted by Crippen LogP contribution is 2.45. The van der Waals surface area contributed by atoms with E-state index in [1.165, 1.54) is 101 Å². The number of hydrogen-bond acceptors (Lipinski definition) is 0. The van der Waals surface area contributed by atoms with E-state index in [1.54, 1.807) is 12.1 Å². The Kier molecular flexibility index (Phi) is 12.1. The summed E-state index contributed by atoms with van der Waals surface area (Å²) in [5, 5.41) is 0. The van der Waals surface area contributed by atoms with Gasteiger partial charge in [0.2, 0.25) is 0 Å². The van der Waals surface area contributed by atoms with Gasteiger partial charge in [0.05, 0.1) is 0 Å². The van der Waals surface area contributed by atoms with Crippen LogP contribution in [0.3, 0.4) is 0 Å². The number of rotatable bonds is 5. The maximum absolute atomic E-state index is 13.4. The molecular formula is C40H54F4. The molecule has 44 heavy (non-hydrogen) atoms. The molecule has 0 radical (unpaired) electrons. The molecule has 4 saturated carbocycles. The fourth-order valence-corrected chi connectivity index (χ4v) is 9.22. The average Bonchev–Trinajstić information content (AvgIpc) is 3.05. The van der Waals surface area contributed by atoms with Crippen molar-refractivity contribution in [3.05, 3.63) is 82.9 Å². The molecule has 0 amide bonds. The van der Waals surface area contributed by atoms with Crippen molar-refractivity contribution >= 4 is 0 Å². The SMILES string of the molecule is C/C=C/C1CCC(C2CCC(c3ccc(F)c(F)c3)CC2)CC1.CC1CCC(C2CCC(c3ccc(F)c(F)c3)CC2)CC1. The first-order chi connectivity index (χ1) is 21.3. The van der Waals surface area contributed by atoms with Crippen molar-refractivity contribution in [2.75, 3.05) is 0 Å². The quantitative estimate of drug-likeness (QED) is 0.233. The lowest BCUT2D eigenvalue weighted by molar-refractivity contribution is 0.165. The van der Waals surface area contributed by atoms with Crippen molar-refractivity contribution in [1.29, 1.82) is 0 Å². The van der Waals surface area contributed by atoms with E-state index in [9.17, 15) is 17.6 Å². The zero-order chi connectivity index (χ0) is 31.1. The smallest absolute Gasteiger partial charge is 0.159 e. The summed E-state index contributed by atoms with van der Waals surface area (Å²) in [6.45, 7) is 4.49. The third kappa shape index (κ3) is 8.79. The number of benzene rings is 2. The van der Waals surface area contributed by atoms with E-state index in [4.69, 9.17) is 0 Å². The van der Waals surface area contributed by atoms with Gasteiger partial charge < -0.3 is 0 Å². The summed E-state index contributed by atoms with van der Waals surface area (Å²) < 4.78 is 52.9. The molecule has 4 aliphatic rings. The van der Waals surface area contributed by atoms with E-state index in [0.717, 1.165) is 72.3 Å². The molecule has 0 unspecified atom stereocenters. The molecule has 0 spiro atoms. The van der Waals surface area contributed by atoms with Crippen molar-refractivity contribution in [2.45, 2.75) is 128 Å². The highest BCUT2D eigenvalue weighted by molar-refractivity contribution is 5.23. The Morgan fingerprint density at radius 2 is 0.841 bits per heavy atom. The number of halogens is 4. The van der Waals surface area contributed by atoms with Crippen LogP contribution in [0, 0.1) is 58.8 Å². The summed E-state index contributed by atoms with van der Waals surface area (Å²) >= 11 is 0. The molecule has 0 aliphatic heterocycles. The van der Waals surface area contributed by atoms with E-state index < -0.39 is 23.3 Å². The Hall–Kier alpha value is -2.10. The van der Waals surface area contributed by atoms with Gasteiger partial charge in [0.15, 0.2) is 23.3 Å². The topological polar surface area (TPSA) is 0 Å². The molecular weight excluding hydrogens is 556 g/mol. The Labute approximate surface area is 264 Å². The molecule has 4 fully saturated rings. The molecule has 4 aliphatic carbocycles. The van der Waals surface area contributed by atoms with Crippen LogP contribution in [0.15, 0.2) is 48.6 Å². The van der Waals surface area contributed by atoms with Gasteiger partial charge in [-0.3, -0.25) is 0 Å². The largest absolute Gasteiger partial charge is 0.204 e. The molecule has 242 valence electrons. The van der Waals surface area contributed by atoms with Gasteiger partial charge >= 0.3 is 0 Å². The van der Waals surface area contributed by atoms with Crippen LogP contribution in [0.5, 0.6) is 0 Å². The third-order valence-electron chi connectivity index (χ3n) is 12.0. The molecule has 0 heterocycles. The lowest BCUT2D eigenvalue weighted by Gasteiger charge is -2.37. The molecule has 4 heteroatoms. The third-order valence-corrected chi connectivity index (χ3v) is 12.0. The summed E-state index contributed by atoms with van der Waals surface area (Å²) in [6, 6.07) is 8.90. The van der Waals surface area contributed by atoms with Crippen LogP contribution in [0.2, 0.25) is 0 Å². The molecule has 0 atom stereocenters. The molecule has 0 saturated heterocycles. The summed E-state index contributed by atoms with van der Waals surface area (Å²) in [5.41, 5.74) is 1.98. The Morgan fingerprint density at radius 3 is 1.20 bits per heavy atom. The predicted octanol–water partition coefficient (Wildman–Crippen LogP) is 12.7. The number of hydrogen-bond donors (Lipinski definition) is 0. The van der Waals surface area contributed by atoms with Crippen LogP contribution in [-0.4, -0.2) is 0 Å². The van der Waals surface area contributed by atoms with Gasteiger partial charge in [0.1, 0.15) is 0 Å². The monoisotopic (exact) mass is 610 g/mol. The van der Waals surface area contributed by atoms with Crippen LogP contribution in [0.1, 0.15) is 140 Å². The van der Waals surface area contributed by atoms with Gasteiger partial charge in [-0.15, -0.1) is 0 Å². The normalized spacial score (nSPS) is 33.0. The van der Waals surface area contributed by atoms with E-state index >= 15 is 0 Å². The Balaban J connectivity index is 0.000000175. The van der Waals surface area contributed by atoms with Crippen LogP contribution in [-0.2, 0) is 0 Å². The highest BCUT2D eigenvalue weighted by atomic mass is 19.2. The van der Waals surface area contributed by atoms with E-state index in [1.807, 2.05) is 0 Å². The van der Waals surface area contributed by atoms with Crippen LogP contribution < -0.4 is 0 Å². The second-order valence-corrected chi connectivity index (χ2v) is 14.8. The fraction of sp³-hybridized carbons (Fsp3) is 0.650. The van der Waals surface area contributed by atoms with Gasteiger partial charge in [-0.2, -0.15) is 0 Å². The van der Waals surface area contributed by atoms with Crippen LogP contribution >= 0.6 is 0 Å². The van der Waals surface area contributed by atoms with E-state index in [0.29, 0.717) is 11.8 Å². The van der Waals surface area contributed by atoms with Gasteiger partial charge in [0.25, 0.3) is 0 Å². The minimum atomic E-state index is -0.736. The lowest BCUT2D eigenvalue weighted by atomic mass is 9.68. The van der Waals surface area contributed by atoms with Crippen molar-refractivity contribution in [3.63, 3.8) is 0 Å². The summed E-state index contributed by atoms with van der Waals surface area (Å²) in [4.78, 5) is 0. The van der Waals surface area contributed by atoms with E-state index in [2.05, 4.69) is 26.0 Å². The summed E-state index contributed by atoms with van der Waals surface area (Å²) in [6.07, 6.45) is 25.2. The molecule has 0 N–H and O–H groups in total.